The Morgan fingerprint density at radius 1 is 0.677 bits per heavy atom. The number of carbonyl (C=O) groups excluding carboxylic acids is 2. The lowest BCUT2D eigenvalue weighted by Crippen LogP contribution is -2.15. The zero-order valence-electron chi connectivity index (χ0n) is 16.8. The second kappa shape index (κ2) is 9.55. The van der Waals surface area contributed by atoms with E-state index in [1.807, 2.05) is 54.6 Å². The highest BCUT2D eigenvalue weighted by atomic mass is 16.5. The van der Waals surface area contributed by atoms with Crippen LogP contribution in [-0.4, -0.2) is 11.7 Å². The standard InChI is InChI=1S/C27H21NO3/c29-26(21-12-5-2-6-13-21)24-16-7-8-17-25(24)28-27(30)22-14-9-15-23(18-22)31-19-20-10-3-1-4-11-20/h1-18H,19H2,(H,28,30). The number of hydrogen-bond donors (Lipinski definition) is 1. The van der Waals surface area contributed by atoms with Gasteiger partial charge >= 0.3 is 0 Å². The van der Waals surface area contributed by atoms with Gasteiger partial charge in [0.15, 0.2) is 5.78 Å². The summed E-state index contributed by atoms with van der Waals surface area (Å²) in [6.45, 7) is 0.417. The van der Waals surface area contributed by atoms with E-state index in [1.54, 1.807) is 54.6 Å². The van der Waals surface area contributed by atoms with Gasteiger partial charge in [0.2, 0.25) is 0 Å². The van der Waals surface area contributed by atoms with Crippen LogP contribution in [0.3, 0.4) is 0 Å². The summed E-state index contributed by atoms with van der Waals surface area (Å²) >= 11 is 0. The van der Waals surface area contributed by atoms with Crippen molar-refractivity contribution >= 4 is 17.4 Å². The zero-order chi connectivity index (χ0) is 21.5. The SMILES string of the molecule is O=C(Nc1ccccc1C(=O)c1ccccc1)c1cccc(OCc2ccccc2)c1. The third kappa shape index (κ3) is 5.06. The summed E-state index contributed by atoms with van der Waals surface area (Å²) in [5.74, 6) is 0.153. The number of rotatable bonds is 7. The lowest BCUT2D eigenvalue weighted by atomic mass is 10.0. The van der Waals surface area contributed by atoms with Crippen molar-refractivity contribution in [2.75, 3.05) is 5.32 Å². The van der Waals surface area contributed by atoms with Crippen molar-refractivity contribution in [1.29, 1.82) is 0 Å². The molecule has 0 heterocycles. The summed E-state index contributed by atoms with van der Waals surface area (Å²) in [4.78, 5) is 25.8. The number of carbonyl (C=O) groups is 2. The van der Waals surface area contributed by atoms with Gasteiger partial charge in [-0.1, -0.05) is 78.9 Å². The number of ketones is 1. The lowest BCUT2D eigenvalue weighted by Gasteiger charge is -2.12. The van der Waals surface area contributed by atoms with E-state index in [2.05, 4.69) is 5.32 Å². The number of amides is 1. The molecule has 4 rings (SSSR count). The maximum Gasteiger partial charge on any atom is 0.255 e. The Morgan fingerprint density at radius 3 is 2.10 bits per heavy atom. The summed E-state index contributed by atoms with van der Waals surface area (Å²) in [6.07, 6.45) is 0. The summed E-state index contributed by atoms with van der Waals surface area (Å²) in [6, 6.07) is 32.8. The summed E-state index contributed by atoms with van der Waals surface area (Å²) in [7, 11) is 0. The van der Waals surface area contributed by atoms with Gasteiger partial charge in [0.05, 0.1) is 5.69 Å². The average Bonchev–Trinajstić information content (AvgIpc) is 2.84. The van der Waals surface area contributed by atoms with Gasteiger partial charge < -0.3 is 10.1 Å². The minimum absolute atomic E-state index is 0.142. The molecule has 4 heteroatoms. The fourth-order valence-corrected chi connectivity index (χ4v) is 3.20. The molecule has 4 aromatic rings. The first-order chi connectivity index (χ1) is 15.2. The van der Waals surface area contributed by atoms with Crippen LogP contribution in [0, 0.1) is 0 Å². The summed E-state index contributed by atoms with van der Waals surface area (Å²) in [5.41, 5.74) is 2.98. The minimum Gasteiger partial charge on any atom is -0.489 e. The maximum atomic E-state index is 12.9. The van der Waals surface area contributed by atoms with E-state index in [0.717, 1.165) is 5.56 Å². The van der Waals surface area contributed by atoms with Crippen molar-refractivity contribution in [2.45, 2.75) is 6.61 Å². The molecule has 31 heavy (non-hydrogen) atoms. The highest BCUT2D eigenvalue weighted by molar-refractivity contribution is 6.15. The fourth-order valence-electron chi connectivity index (χ4n) is 3.20. The monoisotopic (exact) mass is 407 g/mol. The van der Waals surface area contributed by atoms with Crippen molar-refractivity contribution in [3.63, 3.8) is 0 Å². The molecule has 0 fully saturated rings. The van der Waals surface area contributed by atoms with E-state index in [-0.39, 0.29) is 11.7 Å². The third-order valence-electron chi connectivity index (χ3n) is 4.80. The van der Waals surface area contributed by atoms with Crippen LogP contribution in [-0.2, 0) is 6.61 Å². The van der Waals surface area contributed by atoms with Crippen LogP contribution in [0.25, 0.3) is 0 Å². The molecule has 0 radical (unpaired) electrons. The molecule has 4 aromatic carbocycles. The van der Waals surface area contributed by atoms with E-state index in [9.17, 15) is 9.59 Å². The first-order valence-electron chi connectivity index (χ1n) is 9.97. The van der Waals surface area contributed by atoms with Crippen molar-refractivity contribution in [3.05, 3.63) is 131 Å². The molecule has 4 nitrogen and oxygen atoms in total. The molecule has 0 saturated heterocycles. The van der Waals surface area contributed by atoms with Crippen molar-refractivity contribution < 1.29 is 14.3 Å². The molecular weight excluding hydrogens is 386 g/mol. The van der Waals surface area contributed by atoms with Gasteiger partial charge in [-0.05, 0) is 35.9 Å². The van der Waals surface area contributed by atoms with E-state index < -0.39 is 0 Å². The second-order valence-corrected chi connectivity index (χ2v) is 7.00. The lowest BCUT2D eigenvalue weighted by molar-refractivity contribution is 0.102. The van der Waals surface area contributed by atoms with Crippen LogP contribution < -0.4 is 10.1 Å². The Bertz CT molecular complexity index is 1190. The van der Waals surface area contributed by atoms with Gasteiger partial charge in [-0.2, -0.15) is 0 Å². The quantitative estimate of drug-likeness (QED) is 0.397. The van der Waals surface area contributed by atoms with E-state index in [0.29, 0.717) is 34.7 Å². The van der Waals surface area contributed by atoms with E-state index >= 15 is 0 Å². The van der Waals surface area contributed by atoms with Crippen LogP contribution in [0.2, 0.25) is 0 Å². The molecule has 152 valence electrons. The molecule has 0 atom stereocenters. The number of hydrogen-bond acceptors (Lipinski definition) is 3. The van der Waals surface area contributed by atoms with Crippen LogP contribution in [0.1, 0.15) is 31.8 Å². The van der Waals surface area contributed by atoms with Crippen LogP contribution in [0.4, 0.5) is 5.69 Å². The van der Waals surface area contributed by atoms with Crippen molar-refractivity contribution in [3.8, 4) is 5.75 Å². The molecule has 0 aliphatic heterocycles. The molecule has 0 aliphatic carbocycles. The first-order valence-corrected chi connectivity index (χ1v) is 9.97. The molecule has 0 aromatic heterocycles. The van der Waals surface area contributed by atoms with Gasteiger partial charge in [0, 0.05) is 16.7 Å². The van der Waals surface area contributed by atoms with E-state index in [1.165, 1.54) is 0 Å². The molecule has 1 amide bonds. The second-order valence-electron chi connectivity index (χ2n) is 7.00. The van der Waals surface area contributed by atoms with Gasteiger partial charge in [-0.3, -0.25) is 9.59 Å². The summed E-state index contributed by atoms with van der Waals surface area (Å²) in [5, 5.41) is 2.86. The van der Waals surface area contributed by atoms with Gasteiger partial charge in [-0.15, -0.1) is 0 Å². The predicted molar refractivity (Wildman–Crippen MR) is 121 cm³/mol. The number of nitrogens with one attached hydrogen (secondary N) is 1. The van der Waals surface area contributed by atoms with Crippen LogP contribution in [0.5, 0.6) is 5.75 Å². The zero-order valence-corrected chi connectivity index (χ0v) is 16.8. The minimum atomic E-state index is -0.307. The topological polar surface area (TPSA) is 55.4 Å². The molecule has 0 saturated carbocycles. The maximum absolute atomic E-state index is 12.9. The fraction of sp³-hybridized carbons (Fsp3) is 0.0370. The van der Waals surface area contributed by atoms with E-state index in [4.69, 9.17) is 4.74 Å². The number of anilines is 1. The smallest absolute Gasteiger partial charge is 0.255 e. The Balaban J connectivity index is 1.50. The van der Waals surface area contributed by atoms with Gasteiger partial charge in [-0.25, -0.2) is 0 Å². The van der Waals surface area contributed by atoms with Crippen LogP contribution in [0.15, 0.2) is 109 Å². The molecule has 0 unspecified atom stereocenters. The number of benzene rings is 4. The van der Waals surface area contributed by atoms with Crippen molar-refractivity contribution in [1.82, 2.24) is 0 Å². The normalized spacial score (nSPS) is 10.3. The number of ether oxygens (including phenoxy) is 1. The Morgan fingerprint density at radius 2 is 1.32 bits per heavy atom. The molecule has 0 bridgehead atoms. The Labute approximate surface area is 181 Å². The summed E-state index contributed by atoms with van der Waals surface area (Å²) < 4.78 is 5.82. The third-order valence-corrected chi connectivity index (χ3v) is 4.80. The molecule has 0 aliphatic rings. The molecule has 0 spiro atoms. The van der Waals surface area contributed by atoms with Crippen LogP contribution >= 0.6 is 0 Å². The predicted octanol–water partition coefficient (Wildman–Crippen LogP) is 5.75. The Hall–Kier alpha value is -4.18. The highest BCUT2D eigenvalue weighted by Gasteiger charge is 2.16. The average molecular weight is 407 g/mol. The largest absolute Gasteiger partial charge is 0.489 e. The highest BCUT2D eigenvalue weighted by Crippen LogP contribution is 2.21. The van der Waals surface area contributed by atoms with Gasteiger partial charge in [0.1, 0.15) is 12.4 Å². The van der Waals surface area contributed by atoms with Gasteiger partial charge in [0.25, 0.3) is 5.91 Å². The molecular formula is C27H21NO3. The molecule has 1 N–H and O–H groups in total. The Kier molecular flexibility index (Phi) is 6.19. The van der Waals surface area contributed by atoms with Crippen molar-refractivity contribution in [2.24, 2.45) is 0 Å². The number of para-hydroxylation sites is 1. The first kappa shape index (κ1) is 20.1.